The fourth-order valence-electron chi connectivity index (χ4n) is 2.34. The summed E-state index contributed by atoms with van der Waals surface area (Å²) in [5.74, 6) is 0.322. The number of para-hydroxylation sites is 1. The summed E-state index contributed by atoms with van der Waals surface area (Å²) in [6.07, 6.45) is 1.78. The molecule has 0 aliphatic heterocycles. The molecule has 0 atom stereocenters. The lowest BCUT2D eigenvalue weighted by molar-refractivity contribution is 0.586. The van der Waals surface area contributed by atoms with E-state index in [1.54, 1.807) is 29.1 Å². The largest absolute Gasteiger partial charge is 0.332 e. The summed E-state index contributed by atoms with van der Waals surface area (Å²) in [4.78, 5) is 0. The van der Waals surface area contributed by atoms with Crippen molar-refractivity contribution in [2.75, 3.05) is 10.6 Å². The number of hydrogen-bond acceptors (Lipinski definition) is 2. The highest BCUT2D eigenvalue weighted by Gasteiger charge is 2.10. The first-order valence-corrected chi connectivity index (χ1v) is 8.83. The number of rotatable bonds is 4. The summed E-state index contributed by atoms with van der Waals surface area (Å²) in [6, 6.07) is 14.5. The fourth-order valence-corrected chi connectivity index (χ4v) is 2.96. The third kappa shape index (κ3) is 4.43. The third-order valence-corrected chi connectivity index (χ3v) is 4.42. The lowest BCUT2D eigenvalue weighted by atomic mass is 10.2. The van der Waals surface area contributed by atoms with Gasteiger partial charge in [-0.25, -0.2) is 4.39 Å². The molecule has 4 nitrogen and oxygen atoms in total. The van der Waals surface area contributed by atoms with Crippen molar-refractivity contribution in [1.29, 1.82) is 0 Å². The van der Waals surface area contributed by atoms with Crippen LogP contribution in [0.2, 0.25) is 0 Å². The monoisotopic (exact) mass is 418 g/mol. The second-order valence-corrected chi connectivity index (χ2v) is 6.77. The smallest absolute Gasteiger partial charge is 0.176 e. The van der Waals surface area contributed by atoms with E-state index < -0.39 is 0 Å². The SMILES string of the molecule is Cc1ccccc1NC(=S)Nc1nn(Cc2ccccc2F)cc1Br. The van der Waals surface area contributed by atoms with Crippen molar-refractivity contribution in [2.45, 2.75) is 13.5 Å². The van der Waals surface area contributed by atoms with Gasteiger partial charge in [-0.3, -0.25) is 4.68 Å². The molecule has 3 rings (SSSR count). The van der Waals surface area contributed by atoms with Crippen LogP contribution in [0.25, 0.3) is 0 Å². The van der Waals surface area contributed by atoms with Crippen LogP contribution < -0.4 is 10.6 Å². The normalized spacial score (nSPS) is 10.5. The molecular formula is C18H16BrFN4S. The lowest BCUT2D eigenvalue weighted by Gasteiger charge is -2.11. The van der Waals surface area contributed by atoms with E-state index in [9.17, 15) is 4.39 Å². The number of halogens is 2. The Hall–Kier alpha value is -2.25. The van der Waals surface area contributed by atoms with Gasteiger partial charge in [-0.15, -0.1) is 0 Å². The molecule has 2 N–H and O–H groups in total. The van der Waals surface area contributed by atoms with Gasteiger partial charge in [-0.05, 0) is 52.8 Å². The van der Waals surface area contributed by atoms with Crippen LogP contribution in [0.15, 0.2) is 59.2 Å². The van der Waals surface area contributed by atoms with E-state index in [2.05, 4.69) is 31.7 Å². The summed E-state index contributed by atoms with van der Waals surface area (Å²) >= 11 is 8.80. The standard InChI is InChI=1S/C18H16BrFN4S/c1-12-6-2-5-9-16(12)21-18(25)22-17-14(19)11-24(23-17)10-13-7-3-4-8-15(13)20/h2-9,11H,10H2,1H3,(H2,21,22,23,25). The quantitative estimate of drug-likeness (QED) is 0.588. The van der Waals surface area contributed by atoms with Crippen molar-refractivity contribution < 1.29 is 4.39 Å². The molecule has 0 aliphatic rings. The number of hydrogen-bond donors (Lipinski definition) is 2. The molecule has 128 valence electrons. The number of nitrogens with one attached hydrogen (secondary N) is 2. The highest BCUT2D eigenvalue weighted by atomic mass is 79.9. The van der Waals surface area contributed by atoms with E-state index >= 15 is 0 Å². The highest BCUT2D eigenvalue weighted by molar-refractivity contribution is 9.10. The first kappa shape index (κ1) is 17.6. The molecule has 0 saturated heterocycles. The molecule has 0 saturated carbocycles. The van der Waals surface area contributed by atoms with E-state index in [-0.39, 0.29) is 5.82 Å². The topological polar surface area (TPSA) is 41.9 Å². The molecule has 0 bridgehead atoms. The van der Waals surface area contributed by atoms with Crippen LogP contribution in [0.3, 0.4) is 0 Å². The molecule has 1 aromatic heterocycles. The number of thiocarbonyl (C=S) groups is 1. The van der Waals surface area contributed by atoms with Crippen LogP contribution in [0.1, 0.15) is 11.1 Å². The summed E-state index contributed by atoms with van der Waals surface area (Å²) < 4.78 is 16.2. The van der Waals surface area contributed by atoms with Gasteiger partial charge in [0.1, 0.15) is 5.82 Å². The zero-order chi connectivity index (χ0) is 17.8. The second kappa shape index (κ2) is 7.76. The Bertz CT molecular complexity index is 910. The maximum Gasteiger partial charge on any atom is 0.176 e. The predicted molar refractivity (Wildman–Crippen MR) is 106 cm³/mol. The molecule has 3 aromatic rings. The zero-order valence-corrected chi connectivity index (χ0v) is 15.9. The highest BCUT2D eigenvalue weighted by Crippen LogP contribution is 2.22. The van der Waals surface area contributed by atoms with Gasteiger partial charge in [0.15, 0.2) is 10.9 Å². The molecule has 0 radical (unpaired) electrons. The molecule has 0 unspecified atom stereocenters. The van der Waals surface area contributed by atoms with E-state index in [0.29, 0.717) is 23.0 Å². The van der Waals surface area contributed by atoms with Gasteiger partial charge in [-0.2, -0.15) is 5.10 Å². The Balaban J connectivity index is 1.69. The van der Waals surface area contributed by atoms with Crippen LogP contribution in [0.5, 0.6) is 0 Å². The van der Waals surface area contributed by atoms with Gasteiger partial charge < -0.3 is 10.6 Å². The van der Waals surface area contributed by atoms with Crippen LogP contribution in [-0.4, -0.2) is 14.9 Å². The molecule has 7 heteroatoms. The predicted octanol–water partition coefficient (Wildman–Crippen LogP) is 4.95. The van der Waals surface area contributed by atoms with Gasteiger partial charge in [0.05, 0.1) is 11.0 Å². The summed E-state index contributed by atoms with van der Waals surface area (Å²) in [7, 11) is 0. The van der Waals surface area contributed by atoms with Crippen LogP contribution in [0, 0.1) is 12.7 Å². The van der Waals surface area contributed by atoms with Gasteiger partial charge in [-0.1, -0.05) is 36.4 Å². The molecule has 0 amide bonds. The van der Waals surface area contributed by atoms with Crippen LogP contribution in [0.4, 0.5) is 15.9 Å². The Morgan fingerprint density at radius 1 is 1.16 bits per heavy atom. The van der Waals surface area contributed by atoms with Crippen molar-refractivity contribution in [3.63, 3.8) is 0 Å². The number of benzene rings is 2. The number of anilines is 2. The van der Waals surface area contributed by atoms with Gasteiger partial charge in [0, 0.05) is 17.4 Å². The number of aromatic nitrogens is 2. The van der Waals surface area contributed by atoms with Crippen LogP contribution >= 0.6 is 28.1 Å². The summed E-state index contributed by atoms with van der Waals surface area (Å²) in [5, 5.41) is 11.0. The fraction of sp³-hybridized carbons (Fsp3) is 0.111. The summed E-state index contributed by atoms with van der Waals surface area (Å²) in [6.45, 7) is 2.34. The van der Waals surface area contributed by atoms with Gasteiger partial charge >= 0.3 is 0 Å². The Morgan fingerprint density at radius 3 is 2.64 bits per heavy atom. The minimum Gasteiger partial charge on any atom is -0.332 e. The van der Waals surface area contributed by atoms with Crippen LogP contribution in [-0.2, 0) is 6.54 Å². The molecule has 0 fully saturated rings. The van der Waals surface area contributed by atoms with E-state index in [0.717, 1.165) is 15.7 Å². The second-order valence-electron chi connectivity index (χ2n) is 5.51. The zero-order valence-electron chi connectivity index (χ0n) is 13.5. The van der Waals surface area contributed by atoms with E-state index in [1.165, 1.54) is 6.07 Å². The van der Waals surface area contributed by atoms with Crippen molar-refractivity contribution in [2.24, 2.45) is 0 Å². The lowest BCUT2D eigenvalue weighted by Crippen LogP contribution is -2.20. The van der Waals surface area contributed by atoms with Gasteiger partial charge in [0.2, 0.25) is 0 Å². The van der Waals surface area contributed by atoms with Gasteiger partial charge in [0.25, 0.3) is 0 Å². The first-order chi connectivity index (χ1) is 12.0. The Labute approximate surface area is 159 Å². The molecule has 0 spiro atoms. The maximum absolute atomic E-state index is 13.8. The van der Waals surface area contributed by atoms with Crippen molar-refractivity contribution >= 4 is 44.8 Å². The average molecular weight is 419 g/mol. The van der Waals surface area contributed by atoms with Crippen molar-refractivity contribution in [1.82, 2.24) is 9.78 Å². The van der Waals surface area contributed by atoms with Crippen molar-refractivity contribution in [3.8, 4) is 0 Å². The maximum atomic E-state index is 13.8. The molecule has 1 heterocycles. The Kier molecular flexibility index (Phi) is 5.45. The number of aryl methyl sites for hydroxylation is 1. The van der Waals surface area contributed by atoms with E-state index in [1.807, 2.05) is 31.2 Å². The minimum absolute atomic E-state index is 0.250. The molecular weight excluding hydrogens is 403 g/mol. The number of nitrogens with zero attached hydrogens (tertiary/aromatic N) is 2. The minimum atomic E-state index is -0.250. The average Bonchev–Trinajstić information content (AvgIpc) is 2.91. The van der Waals surface area contributed by atoms with Crippen molar-refractivity contribution in [3.05, 3.63) is 76.1 Å². The first-order valence-electron chi connectivity index (χ1n) is 7.63. The van der Waals surface area contributed by atoms with E-state index in [4.69, 9.17) is 12.2 Å². The molecule has 25 heavy (non-hydrogen) atoms. The molecule has 2 aromatic carbocycles. The Morgan fingerprint density at radius 2 is 1.88 bits per heavy atom. The third-order valence-electron chi connectivity index (χ3n) is 3.63. The summed E-state index contributed by atoms with van der Waals surface area (Å²) in [5.41, 5.74) is 2.60. The molecule has 0 aliphatic carbocycles.